The number of hydrogen-bond acceptors (Lipinski definition) is 7. The van der Waals surface area contributed by atoms with Crippen molar-refractivity contribution in [3.8, 4) is 5.75 Å². The average molecular weight is 388 g/mol. The first-order valence-electron chi connectivity index (χ1n) is 7.68. The Kier molecular flexibility index (Phi) is 5.65. The van der Waals surface area contributed by atoms with Crippen molar-refractivity contribution in [1.29, 1.82) is 0 Å². The molecule has 2 aromatic heterocycles. The Balaban J connectivity index is 1.58. The summed E-state index contributed by atoms with van der Waals surface area (Å²) in [4.78, 5) is 28.4. The lowest BCUT2D eigenvalue weighted by Crippen LogP contribution is -2.11. The zero-order chi connectivity index (χ0) is 18.5. The average Bonchev–Trinajstić information content (AvgIpc) is 3.30. The van der Waals surface area contributed by atoms with Gasteiger partial charge in [-0.1, -0.05) is 17.7 Å². The number of thiazole rings is 1. The normalized spacial score (nSPS) is 10.4. The highest BCUT2D eigenvalue weighted by Crippen LogP contribution is 2.23. The van der Waals surface area contributed by atoms with Crippen molar-refractivity contribution in [1.82, 2.24) is 4.98 Å². The number of rotatable bonds is 6. The number of ether oxygens (including phenoxy) is 2. The molecule has 0 fully saturated rings. The fourth-order valence-corrected chi connectivity index (χ4v) is 3.56. The van der Waals surface area contributed by atoms with Crippen molar-refractivity contribution >= 4 is 39.6 Å². The van der Waals surface area contributed by atoms with E-state index < -0.39 is 5.97 Å². The standard InChI is InChI=1S/C18H16N2O4S2/c1-11-3-5-12(6-4-11)24-9-16-19-13(10-25-16)17(21)20-15-8-7-14(26-15)18(22)23-2/h3-8,10H,9H2,1-2H3,(H,20,21). The molecule has 0 bridgehead atoms. The quantitative estimate of drug-likeness (QED) is 0.643. The second kappa shape index (κ2) is 8.11. The topological polar surface area (TPSA) is 77.5 Å². The van der Waals surface area contributed by atoms with Gasteiger partial charge in [0.15, 0.2) is 0 Å². The number of nitrogens with one attached hydrogen (secondary N) is 1. The number of esters is 1. The van der Waals surface area contributed by atoms with Gasteiger partial charge in [0.2, 0.25) is 0 Å². The lowest BCUT2D eigenvalue weighted by Gasteiger charge is -2.03. The number of hydrogen-bond donors (Lipinski definition) is 1. The minimum absolute atomic E-state index is 0.298. The summed E-state index contributed by atoms with van der Waals surface area (Å²) in [5, 5.41) is 5.67. The van der Waals surface area contributed by atoms with Crippen LogP contribution in [-0.4, -0.2) is 24.0 Å². The Morgan fingerprint density at radius 2 is 1.92 bits per heavy atom. The van der Waals surface area contributed by atoms with Crippen LogP contribution in [0.2, 0.25) is 0 Å². The number of aromatic nitrogens is 1. The van der Waals surface area contributed by atoms with E-state index in [4.69, 9.17) is 4.74 Å². The number of nitrogens with zero attached hydrogens (tertiary/aromatic N) is 1. The summed E-state index contributed by atoms with van der Waals surface area (Å²) in [6, 6.07) is 11.0. The number of methoxy groups -OCH3 is 1. The van der Waals surface area contributed by atoms with E-state index in [-0.39, 0.29) is 5.91 Å². The van der Waals surface area contributed by atoms with Crippen LogP contribution in [-0.2, 0) is 11.3 Å². The molecule has 2 heterocycles. The predicted molar refractivity (Wildman–Crippen MR) is 101 cm³/mol. The summed E-state index contributed by atoms with van der Waals surface area (Å²) in [6.45, 7) is 2.31. The SMILES string of the molecule is COC(=O)c1ccc(NC(=O)c2csc(COc3ccc(C)cc3)n2)s1. The minimum Gasteiger partial charge on any atom is -0.486 e. The molecule has 3 rings (SSSR count). The molecule has 0 aliphatic heterocycles. The third kappa shape index (κ3) is 4.47. The number of aryl methyl sites for hydroxylation is 1. The highest BCUT2D eigenvalue weighted by Gasteiger charge is 2.14. The molecule has 0 atom stereocenters. The molecule has 1 N–H and O–H groups in total. The van der Waals surface area contributed by atoms with Crippen molar-refractivity contribution in [3.05, 3.63) is 62.9 Å². The summed E-state index contributed by atoms with van der Waals surface area (Å²) in [7, 11) is 1.32. The van der Waals surface area contributed by atoms with Crippen molar-refractivity contribution in [2.24, 2.45) is 0 Å². The van der Waals surface area contributed by atoms with Crippen LogP contribution in [0.4, 0.5) is 5.00 Å². The molecule has 134 valence electrons. The van der Waals surface area contributed by atoms with Crippen molar-refractivity contribution in [2.45, 2.75) is 13.5 Å². The van der Waals surface area contributed by atoms with E-state index in [1.54, 1.807) is 17.5 Å². The second-order valence-corrected chi connectivity index (χ2v) is 7.36. The highest BCUT2D eigenvalue weighted by molar-refractivity contribution is 7.18. The molecule has 3 aromatic rings. The van der Waals surface area contributed by atoms with E-state index in [0.717, 1.165) is 22.6 Å². The maximum Gasteiger partial charge on any atom is 0.348 e. The number of amides is 1. The molecule has 0 radical (unpaired) electrons. The zero-order valence-corrected chi connectivity index (χ0v) is 15.8. The summed E-state index contributed by atoms with van der Waals surface area (Å²) < 4.78 is 10.3. The molecule has 0 aliphatic rings. The first-order valence-corrected chi connectivity index (χ1v) is 9.38. The van der Waals surface area contributed by atoms with Crippen LogP contribution in [0.25, 0.3) is 0 Å². The van der Waals surface area contributed by atoms with Crippen LogP contribution < -0.4 is 10.1 Å². The molecule has 0 unspecified atom stereocenters. The summed E-state index contributed by atoms with van der Waals surface area (Å²) in [5.74, 6) is -0.00785. The Morgan fingerprint density at radius 1 is 1.15 bits per heavy atom. The zero-order valence-electron chi connectivity index (χ0n) is 14.1. The minimum atomic E-state index is -0.431. The summed E-state index contributed by atoms with van der Waals surface area (Å²) >= 11 is 2.51. The molecule has 1 aromatic carbocycles. The molecule has 0 saturated heterocycles. The van der Waals surface area contributed by atoms with Gasteiger partial charge in [-0.3, -0.25) is 4.79 Å². The maximum atomic E-state index is 12.3. The molecule has 0 aliphatic carbocycles. The fourth-order valence-electron chi connectivity index (χ4n) is 2.05. The smallest absolute Gasteiger partial charge is 0.348 e. The van der Waals surface area contributed by atoms with Crippen LogP contribution in [0, 0.1) is 6.92 Å². The van der Waals surface area contributed by atoms with E-state index in [0.29, 0.717) is 27.2 Å². The molecular formula is C18H16N2O4S2. The summed E-state index contributed by atoms with van der Waals surface area (Å²) in [5.41, 5.74) is 1.47. The van der Waals surface area contributed by atoms with Crippen molar-refractivity contribution in [3.63, 3.8) is 0 Å². The molecule has 0 spiro atoms. The van der Waals surface area contributed by atoms with Crippen LogP contribution in [0.5, 0.6) is 5.75 Å². The Labute approximate surface area is 158 Å². The number of carbonyl (C=O) groups excluding carboxylic acids is 2. The maximum absolute atomic E-state index is 12.3. The third-order valence-electron chi connectivity index (χ3n) is 3.40. The third-order valence-corrected chi connectivity index (χ3v) is 5.20. The first kappa shape index (κ1) is 18.1. The monoisotopic (exact) mass is 388 g/mol. The van der Waals surface area contributed by atoms with Gasteiger partial charge < -0.3 is 14.8 Å². The van der Waals surface area contributed by atoms with E-state index in [2.05, 4.69) is 15.0 Å². The van der Waals surface area contributed by atoms with Gasteiger partial charge in [-0.15, -0.1) is 22.7 Å². The van der Waals surface area contributed by atoms with Crippen LogP contribution in [0.3, 0.4) is 0 Å². The predicted octanol–water partition coefficient (Wildman–Crippen LogP) is 4.13. The number of thiophene rings is 1. The van der Waals surface area contributed by atoms with Gasteiger partial charge in [0.1, 0.15) is 27.9 Å². The van der Waals surface area contributed by atoms with Crippen LogP contribution in [0.15, 0.2) is 41.8 Å². The van der Waals surface area contributed by atoms with Crippen LogP contribution in [0.1, 0.15) is 30.7 Å². The van der Waals surface area contributed by atoms with Crippen molar-refractivity contribution in [2.75, 3.05) is 12.4 Å². The largest absolute Gasteiger partial charge is 0.486 e. The first-order chi connectivity index (χ1) is 12.5. The Hall–Kier alpha value is -2.71. The molecule has 26 heavy (non-hydrogen) atoms. The lowest BCUT2D eigenvalue weighted by atomic mass is 10.2. The fraction of sp³-hybridized carbons (Fsp3) is 0.167. The number of benzene rings is 1. The van der Waals surface area contributed by atoms with E-state index >= 15 is 0 Å². The molecule has 8 heteroatoms. The lowest BCUT2D eigenvalue weighted by molar-refractivity contribution is 0.0606. The summed E-state index contributed by atoms with van der Waals surface area (Å²) in [6.07, 6.45) is 0. The van der Waals surface area contributed by atoms with Gasteiger partial charge in [-0.25, -0.2) is 9.78 Å². The number of carbonyl (C=O) groups is 2. The van der Waals surface area contributed by atoms with Crippen molar-refractivity contribution < 1.29 is 19.1 Å². The Morgan fingerprint density at radius 3 is 2.65 bits per heavy atom. The van der Waals surface area contributed by atoms with E-state index in [9.17, 15) is 9.59 Å². The highest BCUT2D eigenvalue weighted by atomic mass is 32.1. The van der Waals surface area contributed by atoms with Gasteiger partial charge in [0, 0.05) is 5.38 Å². The van der Waals surface area contributed by atoms with Gasteiger partial charge in [-0.05, 0) is 31.2 Å². The van der Waals surface area contributed by atoms with Gasteiger partial charge in [0.05, 0.1) is 12.1 Å². The number of anilines is 1. The Bertz CT molecular complexity index is 915. The van der Waals surface area contributed by atoms with Crippen LogP contribution >= 0.6 is 22.7 Å². The van der Waals surface area contributed by atoms with Gasteiger partial charge >= 0.3 is 5.97 Å². The van der Waals surface area contributed by atoms with Gasteiger partial charge in [0.25, 0.3) is 5.91 Å². The molecule has 6 nitrogen and oxygen atoms in total. The second-order valence-electron chi connectivity index (χ2n) is 5.34. The van der Waals surface area contributed by atoms with E-state index in [1.807, 2.05) is 31.2 Å². The van der Waals surface area contributed by atoms with E-state index in [1.165, 1.54) is 18.4 Å². The molecule has 1 amide bonds. The molecular weight excluding hydrogens is 372 g/mol. The molecule has 0 saturated carbocycles. The van der Waals surface area contributed by atoms with Gasteiger partial charge in [-0.2, -0.15) is 0 Å².